The van der Waals surface area contributed by atoms with E-state index in [0.717, 1.165) is 18.2 Å². The summed E-state index contributed by atoms with van der Waals surface area (Å²) in [5.41, 5.74) is 1.11. The van der Waals surface area contributed by atoms with Crippen LogP contribution in [0.3, 0.4) is 0 Å². The van der Waals surface area contributed by atoms with Crippen LogP contribution in [-0.4, -0.2) is 6.04 Å². The highest BCUT2D eigenvalue weighted by Gasteiger charge is 2.20. The zero-order valence-electron chi connectivity index (χ0n) is 11.2. The maximum absolute atomic E-state index is 13.6. The summed E-state index contributed by atoms with van der Waals surface area (Å²) in [6.07, 6.45) is 2.47. The molecule has 0 unspecified atom stereocenters. The predicted octanol–water partition coefficient (Wildman–Crippen LogP) is 4.77. The average molecular weight is 354 g/mol. The van der Waals surface area contributed by atoms with E-state index in [4.69, 9.17) is 4.74 Å². The van der Waals surface area contributed by atoms with Crippen LogP contribution in [0.15, 0.2) is 40.9 Å². The Balaban J connectivity index is 1.74. The molecule has 2 nitrogen and oxygen atoms in total. The summed E-state index contributed by atoms with van der Waals surface area (Å²) in [6.45, 7) is 0.790. The molecule has 1 fully saturated rings. The Hall–Kier alpha value is -1.46. The van der Waals surface area contributed by atoms with Crippen molar-refractivity contribution >= 4 is 15.9 Å². The van der Waals surface area contributed by atoms with E-state index in [1.54, 1.807) is 6.07 Å². The number of benzene rings is 2. The summed E-state index contributed by atoms with van der Waals surface area (Å²) in [5, 5.41) is 3.41. The second-order valence-electron chi connectivity index (χ2n) is 5.07. The molecule has 2 aromatic rings. The van der Waals surface area contributed by atoms with Gasteiger partial charge in [-0.3, -0.25) is 0 Å². The molecule has 0 amide bonds. The van der Waals surface area contributed by atoms with Crippen LogP contribution < -0.4 is 10.1 Å². The number of hydrogen-bond donors (Lipinski definition) is 1. The number of ether oxygens (including phenoxy) is 1. The summed E-state index contributed by atoms with van der Waals surface area (Å²) in [7, 11) is 0. The molecule has 0 aliphatic heterocycles. The quantitative estimate of drug-likeness (QED) is 0.835. The molecule has 2 aromatic carbocycles. The molecule has 1 aliphatic carbocycles. The minimum absolute atomic E-state index is 0.125. The van der Waals surface area contributed by atoms with E-state index in [-0.39, 0.29) is 5.75 Å². The van der Waals surface area contributed by atoms with Crippen LogP contribution in [0.4, 0.5) is 8.78 Å². The fourth-order valence-corrected chi connectivity index (χ4v) is 2.48. The van der Waals surface area contributed by atoms with Crippen LogP contribution in [0, 0.1) is 11.6 Å². The van der Waals surface area contributed by atoms with Crippen LogP contribution in [0.1, 0.15) is 18.4 Å². The summed E-state index contributed by atoms with van der Waals surface area (Å²) in [4.78, 5) is 0. The summed E-state index contributed by atoms with van der Waals surface area (Å²) < 4.78 is 32.9. The number of hydrogen-bond acceptors (Lipinski definition) is 2. The van der Waals surface area contributed by atoms with Crippen molar-refractivity contribution in [2.24, 2.45) is 0 Å². The lowest BCUT2D eigenvalue weighted by molar-refractivity contribution is 0.414. The standard InChI is InChI=1S/C16H14BrF2NO/c17-12-8-10(9-20-11-5-6-11)4-7-14(12)21-15-3-1-2-13(18)16(15)19/h1-4,7-8,11,20H,5-6,9H2. The van der Waals surface area contributed by atoms with E-state index in [0.29, 0.717) is 16.3 Å². The first kappa shape index (κ1) is 14.5. The lowest BCUT2D eigenvalue weighted by Gasteiger charge is -2.10. The van der Waals surface area contributed by atoms with Crippen molar-refractivity contribution in [3.05, 3.63) is 58.1 Å². The van der Waals surface area contributed by atoms with Gasteiger partial charge in [0.1, 0.15) is 5.75 Å². The molecule has 3 rings (SSSR count). The Morgan fingerprint density at radius 1 is 1.14 bits per heavy atom. The predicted molar refractivity (Wildman–Crippen MR) is 80.4 cm³/mol. The van der Waals surface area contributed by atoms with E-state index in [1.807, 2.05) is 12.1 Å². The first-order valence-electron chi connectivity index (χ1n) is 6.77. The molecular formula is C16H14BrF2NO. The third-order valence-electron chi connectivity index (χ3n) is 3.30. The Kier molecular flexibility index (Phi) is 4.22. The van der Waals surface area contributed by atoms with Crippen LogP contribution in [0.5, 0.6) is 11.5 Å². The molecule has 110 valence electrons. The number of nitrogens with one attached hydrogen (secondary N) is 1. The fourth-order valence-electron chi connectivity index (χ4n) is 1.97. The van der Waals surface area contributed by atoms with Gasteiger partial charge in [0.05, 0.1) is 4.47 Å². The SMILES string of the molecule is Fc1cccc(Oc2ccc(CNC3CC3)cc2Br)c1F. The molecule has 0 aromatic heterocycles. The molecule has 21 heavy (non-hydrogen) atoms. The highest BCUT2D eigenvalue weighted by atomic mass is 79.9. The number of rotatable bonds is 5. The van der Waals surface area contributed by atoms with Crippen molar-refractivity contribution in [1.82, 2.24) is 5.32 Å². The first-order chi connectivity index (χ1) is 10.1. The van der Waals surface area contributed by atoms with Crippen LogP contribution in [0.2, 0.25) is 0 Å². The van der Waals surface area contributed by atoms with Gasteiger partial charge in [-0.25, -0.2) is 4.39 Å². The fraction of sp³-hybridized carbons (Fsp3) is 0.250. The van der Waals surface area contributed by atoms with Gasteiger partial charge >= 0.3 is 0 Å². The molecular weight excluding hydrogens is 340 g/mol. The maximum atomic E-state index is 13.6. The lowest BCUT2D eigenvalue weighted by atomic mass is 10.2. The van der Waals surface area contributed by atoms with Gasteiger partial charge in [-0.2, -0.15) is 4.39 Å². The Morgan fingerprint density at radius 2 is 1.95 bits per heavy atom. The molecule has 0 radical (unpaired) electrons. The minimum Gasteiger partial charge on any atom is -0.453 e. The molecule has 5 heteroatoms. The third-order valence-corrected chi connectivity index (χ3v) is 3.92. The average Bonchev–Trinajstić information content (AvgIpc) is 3.28. The normalized spacial score (nSPS) is 14.2. The Bertz CT molecular complexity index is 659. The second kappa shape index (κ2) is 6.12. The van der Waals surface area contributed by atoms with Gasteiger partial charge in [0.2, 0.25) is 5.82 Å². The second-order valence-corrected chi connectivity index (χ2v) is 5.93. The van der Waals surface area contributed by atoms with Gasteiger partial charge in [0, 0.05) is 12.6 Å². The van der Waals surface area contributed by atoms with E-state index in [2.05, 4.69) is 21.2 Å². The van der Waals surface area contributed by atoms with Crippen LogP contribution in [0.25, 0.3) is 0 Å². The van der Waals surface area contributed by atoms with Gasteiger partial charge in [0.25, 0.3) is 0 Å². The van der Waals surface area contributed by atoms with Crippen LogP contribution in [-0.2, 0) is 6.54 Å². The topological polar surface area (TPSA) is 21.3 Å². The van der Waals surface area contributed by atoms with Crippen molar-refractivity contribution in [3.63, 3.8) is 0 Å². The Labute approximate surface area is 130 Å². The monoisotopic (exact) mass is 353 g/mol. The van der Waals surface area contributed by atoms with Gasteiger partial charge in [-0.1, -0.05) is 12.1 Å². The molecule has 0 atom stereocenters. The van der Waals surface area contributed by atoms with E-state index in [1.165, 1.54) is 25.0 Å². The minimum atomic E-state index is -0.983. The molecule has 0 spiro atoms. The highest BCUT2D eigenvalue weighted by molar-refractivity contribution is 9.10. The molecule has 0 heterocycles. The maximum Gasteiger partial charge on any atom is 0.201 e. The third kappa shape index (κ3) is 3.60. The summed E-state index contributed by atoms with van der Waals surface area (Å²) in [6, 6.07) is 10.1. The molecule has 0 bridgehead atoms. The molecule has 1 aliphatic rings. The number of halogens is 3. The highest BCUT2D eigenvalue weighted by Crippen LogP contribution is 2.32. The van der Waals surface area contributed by atoms with Gasteiger partial charge < -0.3 is 10.1 Å². The van der Waals surface area contributed by atoms with Crippen molar-refractivity contribution in [1.29, 1.82) is 0 Å². The van der Waals surface area contributed by atoms with Gasteiger partial charge in [-0.05, 0) is 58.6 Å². The smallest absolute Gasteiger partial charge is 0.201 e. The van der Waals surface area contributed by atoms with Crippen molar-refractivity contribution < 1.29 is 13.5 Å². The van der Waals surface area contributed by atoms with Gasteiger partial charge in [0.15, 0.2) is 11.6 Å². The largest absolute Gasteiger partial charge is 0.453 e. The first-order valence-corrected chi connectivity index (χ1v) is 7.56. The van der Waals surface area contributed by atoms with Crippen molar-refractivity contribution in [2.45, 2.75) is 25.4 Å². The molecule has 0 saturated heterocycles. The van der Waals surface area contributed by atoms with E-state index in [9.17, 15) is 8.78 Å². The van der Waals surface area contributed by atoms with Crippen LogP contribution >= 0.6 is 15.9 Å². The summed E-state index contributed by atoms with van der Waals surface area (Å²) >= 11 is 3.40. The van der Waals surface area contributed by atoms with E-state index >= 15 is 0 Å². The molecule has 1 saturated carbocycles. The zero-order valence-corrected chi connectivity index (χ0v) is 12.8. The Morgan fingerprint density at radius 3 is 2.67 bits per heavy atom. The van der Waals surface area contributed by atoms with E-state index < -0.39 is 11.6 Å². The van der Waals surface area contributed by atoms with Gasteiger partial charge in [-0.15, -0.1) is 0 Å². The van der Waals surface area contributed by atoms with Crippen molar-refractivity contribution in [2.75, 3.05) is 0 Å². The lowest BCUT2D eigenvalue weighted by Crippen LogP contribution is -2.15. The molecule has 1 N–H and O–H groups in total. The zero-order chi connectivity index (χ0) is 14.8. The van der Waals surface area contributed by atoms with Crippen molar-refractivity contribution in [3.8, 4) is 11.5 Å². The summed E-state index contributed by atoms with van der Waals surface area (Å²) in [5.74, 6) is -1.58.